The average molecular weight is 562 g/mol. The fraction of sp³-hybridized carbons (Fsp3) is 0.517. The van der Waals surface area contributed by atoms with E-state index in [2.05, 4.69) is 11.9 Å². The number of hydrogen-bond donors (Lipinski definition) is 1. The molecule has 1 unspecified atom stereocenters. The van der Waals surface area contributed by atoms with Crippen molar-refractivity contribution in [3.63, 3.8) is 0 Å². The maximum absolute atomic E-state index is 13.1. The van der Waals surface area contributed by atoms with Gasteiger partial charge in [-0.25, -0.2) is 13.5 Å². The molecule has 0 saturated heterocycles. The van der Waals surface area contributed by atoms with Gasteiger partial charge in [0.2, 0.25) is 0 Å². The van der Waals surface area contributed by atoms with E-state index in [9.17, 15) is 13.6 Å². The summed E-state index contributed by atoms with van der Waals surface area (Å²) in [4.78, 5) is 17.7. The maximum atomic E-state index is 13.1. The van der Waals surface area contributed by atoms with Crippen LogP contribution in [0.1, 0.15) is 93.4 Å². The molecule has 7 nitrogen and oxygen atoms in total. The quantitative estimate of drug-likeness (QED) is 0.144. The van der Waals surface area contributed by atoms with Crippen molar-refractivity contribution in [3.05, 3.63) is 58.4 Å². The predicted molar refractivity (Wildman–Crippen MR) is 155 cm³/mol. The number of halogens is 1. The molecule has 208 valence electrons. The Balaban J connectivity index is 1.72. The molecule has 3 rings (SSSR count). The van der Waals surface area contributed by atoms with Crippen molar-refractivity contribution >= 4 is 39.8 Å². The molecule has 1 amide bonds. The number of carbonyl (C=O) groups is 1. The Hall–Kier alpha value is -2.42. The van der Waals surface area contributed by atoms with Gasteiger partial charge in [0.25, 0.3) is 17.2 Å². The van der Waals surface area contributed by atoms with Crippen LogP contribution in [0.25, 0.3) is 11.0 Å². The zero-order valence-corrected chi connectivity index (χ0v) is 24.3. The number of carbonyl (C=O) groups excluding carboxylic acids is 1. The van der Waals surface area contributed by atoms with Gasteiger partial charge in [0.15, 0.2) is 0 Å². The number of aromatic nitrogens is 2. The smallest absolute Gasteiger partial charge is 0.267 e. The van der Waals surface area contributed by atoms with E-state index >= 15 is 0 Å². The Morgan fingerprint density at radius 3 is 2.45 bits per heavy atom. The van der Waals surface area contributed by atoms with Gasteiger partial charge in [0.05, 0.1) is 24.2 Å². The molecular weight excluding hydrogens is 522 g/mol. The van der Waals surface area contributed by atoms with Crippen molar-refractivity contribution in [2.45, 2.75) is 85.1 Å². The number of nitrogens with zero attached hydrogens (tertiary/aromatic N) is 3. The van der Waals surface area contributed by atoms with Gasteiger partial charge >= 0.3 is 0 Å². The molecule has 0 aliphatic rings. The normalized spacial score (nSPS) is 12.1. The van der Waals surface area contributed by atoms with E-state index in [1.54, 1.807) is 18.2 Å². The largest absolute Gasteiger partial charge is 0.494 e. The highest BCUT2D eigenvalue weighted by molar-refractivity contribution is 7.77. The fourth-order valence-electron chi connectivity index (χ4n) is 4.46. The van der Waals surface area contributed by atoms with Gasteiger partial charge in [-0.05, 0) is 55.7 Å². The molecule has 0 aliphatic carbocycles. The molecule has 1 heterocycles. The lowest BCUT2D eigenvalue weighted by Gasteiger charge is -2.18. The molecule has 38 heavy (non-hydrogen) atoms. The van der Waals surface area contributed by atoms with E-state index in [-0.39, 0.29) is 6.54 Å². The van der Waals surface area contributed by atoms with Gasteiger partial charge in [-0.2, -0.15) is 0 Å². The Morgan fingerprint density at radius 2 is 1.74 bits per heavy atom. The van der Waals surface area contributed by atoms with E-state index < -0.39 is 17.2 Å². The number of aryl methyl sites for hydroxylation is 1. The predicted octanol–water partition coefficient (Wildman–Crippen LogP) is 7.55. The number of fused-ring (bicyclic) bond motifs is 1. The lowest BCUT2D eigenvalue weighted by Crippen LogP contribution is -2.33. The van der Waals surface area contributed by atoms with Crippen molar-refractivity contribution < 1.29 is 18.3 Å². The third kappa shape index (κ3) is 8.29. The van der Waals surface area contributed by atoms with Gasteiger partial charge in [0.1, 0.15) is 11.6 Å². The molecule has 1 aromatic heterocycles. The molecule has 0 radical (unpaired) electrons. The van der Waals surface area contributed by atoms with Crippen LogP contribution in [0.15, 0.2) is 36.4 Å². The molecule has 0 aliphatic heterocycles. The summed E-state index contributed by atoms with van der Waals surface area (Å²) in [5, 5.41) is 0.608. The highest BCUT2D eigenvalue weighted by Crippen LogP contribution is 2.27. The first kappa shape index (κ1) is 30.1. The Morgan fingerprint density at radius 1 is 1.03 bits per heavy atom. The number of rotatable bonds is 16. The molecule has 3 aromatic rings. The van der Waals surface area contributed by atoms with Crippen LogP contribution >= 0.6 is 11.6 Å². The van der Waals surface area contributed by atoms with E-state index in [4.69, 9.17) is 16.3 Å². The molecule has 0 saturated carbocycles. The zero-order chi connectivity index (χ0) is 27.5. The third-order valence-corrected chi connectivity index (χ3v) is 7.76. The minimum atomic E-state index is -2.38. The van der Waals surface area contributed by atoms with Crippen molar-refractivity contribution in [2.24, 2.45) is 0 Å². The second-order valence-corrected chi connectivity index (χ2v) is 11.0. The summed E-state index contributed by atoms with van der Waals surface area (Å²) in [5.74, 6) is 1.07. The van der Waals surface area contributed by atoms with E-state index in [1.807, 2.05) is 36.6 Å². The Bertz CT molecular complexity index is 1230. The van der Waals surface area contributed by atoms with Crippen LogP contribution < -0.4 is 4.74 Å². The van der Waals surface area contributed by atoms with Crippen molar-refractivity contribution in [1.82, 2.24) is 13.9 Å². The molecule has 1 atom stereocenters. The topological polar surface area (TPSA) is 84.7 Å². The number of ether oxygens (including phenoxy) is 1. The number of benzene rings is 2. The van der Waals surface area contributed by atoms with Crippen molar-refractivity contribution in [2.75, 3.05) is 13.2 Å². The van der Waals surface area contributed by atoms with E-state index in [1.165, 1.54) is 32.1 Å². The number of unbranched alkanes of at least 4 members (excludes halogenated alkanes) is 7. The standard InChI is InChI=1S/C29H40ClN3O4S/c1-4-6-8-9-10-12-18-37-25-15-13-24(26(30)20-25)21-32-22(3)31-27-16-14-23(19-28(27)32)29(34)33(38(35)36)17-11-7-5-2/h13-16,19-20H,4-12,17-18,21H2,1-3H3,(H,35,36). The molecular formula is C29H40ClN3O4S. The van der Waals surface area contributed by atoms with Crippen LogP contribution in [0.2, 0.25) is 5.02 Å². The lowest BCUT2D eigenvalue weighted by atomic mass is 10.1. The first-order valence-corrected chi connectivity index (χ1v) is 15.1. The van der Waals surface area contributed by atoms with Gasteiger partial charge in [-0.15, -0.1) is 0 Å². The summed E-state index contributed by atoms with van der Waals surface area (Å²) in [6.07, 6.45) is 9.80. The van der Waals surface area contributed by atoms with Gasteiger partial charge < -0.3 is 9.30 Å². The van der Waals surface area contributed by atoms with Crippen molar-refractivity contribution in [1.29, 1.82) is 0 Å². The Labute approximate surface area is 233 Å². The summed E-state index contributed by atoms with van der Waals surface area (Å²) in [6.45, 7) is 7.56. The second kappa shape index (κ2) is 15.2. The van der Waals surface area contributed by atoms with Crippen LogP contribution in [-0.2, 0) is 17.8 Å². The molecule has 1 N–H and O–H groups in total. The van der Waals surface area contributed by atoms with E-state index in [0.717, 1.165) is 51.7 Å². The summed E-state index contributed by atoms with van der Waals surface area (Å²) in [6, 6.07) is 10.9. The summed E-state index contributed by atoms with van der Waals surface area (Å²) in [5.41, 5.74) is 2.78. The average Bonchev–Trinajstić information content (AvgIpc) is 3.21. The Kier molecular flexibility index (Phi) is 12.1. The highest BCUT2D eigenvalue weighted by Gasteiger charge is 2.22. The van der Waals surface area contributed by atoms with E-state index in [0.29, 0.717) is 30.2 Å². The molecule has 0 fully saturated rings. The van der Waals surface area contributed by atoms with Crippen LogP contribution in [0.5, 0.6) is 5.75 Å². The number of hydrogen-bond acceptors (Lipinski definition) is 4. The second-order valence-electron chi connectivity index (χ2n) is 9.66. The summed E-state index contributed by atoms with van der Waals surface area (Å²) in [7, 11) is 0. The monoisotopic (exact) mass is 561 g/mol. The van der Waals surface area contributed by atoms with Crippen LogP contribution in [-0.4, -0.2) is 41.7 Å². The first-order valence-electron chi connectivity index (χ1n) is 13.7. The minimum Gasteiger partial charge on any atom is -0.494 e. The molecule has 0 spiro atoms. The number of amides is 1. The highest BCUT2D eigenvalue weighted by atomic mass is 35.5. The maximum Gasteiger partial charge on any atom is 0.267 e. The van der Waals surface area contributed by atoms with Gasteiger partial charge in [0, 0.05) is 17.1 Å². The lowest BCUT2D eigenvalue weighted by molar-refractivity contribution is 0.0858. The van der Waals surface area contributed by atoms with Crippen LogP contribution in [0.3, 0.4) is 0 Å². The first-order chi connectivity index (χ1) is 18.3. The third-order valence-electron chi connectivity index (χ3n) is 6.69. The SMILES string of the molecule is CCCCCCCCOc1ccc(Cn2c(C)nc3ccc(C(=O)N(CCCCC)S(=O)O)cc32)c(Cl)c1. The zero-order valence-electron chi connectivity index (χ0n) is 22.7. The molecule has 2 aromatic carbocycles. The van der Waals surface area contributed by atoms with Crippen LogP contribution in [0.4, 0.5) is 0 Å². The summed E-state index contributed by atoms with van der Waals surface area (Å²) >= 11 is 4.25. The molecule has 0 bridgehead atoms. The van der Waals surface area contributed by atoms with Crippen molar-refractivity contribution in [3.8, 4) is 5.75 Å². The fourth-order valence-corrected chi connectivity index (χ4v) is 5.23. The molecule has 9 heteroatoms. The number of imidazole rings is 1. The summed E-state index contributed by atoms with van der Waals surface area (Å²) < 4.78 is 30.5. The van der Waals surface area contributed by atoms with Gasteiger partial charge in [-0.1, -0.05) is 76.5 Å². The van der Waals surface area contributed by atoms with Gasteiger partial charge in [-0.3, -0.25) is 9.35 Å². The van der Waals surface area contributed by atoms with Crippen LogP contribution in [0, 0.1) is 6.92 Å². The minimum absolute atomic E-state index is 0.231.